The Kier molecular flexibility index (Phi) is 2.28. The Morgan fingerprint density at radius 2 is 2.15 bits per heavy atom. The average Bonchev–Trinajstić information content (AvgIpc) is 1.94. The third kappa shape index (κ3) is 1.81. The van der Waals surface area contributed by atoms with Crippen molar-refractivity contribution in [1.82, 2.24) is 4.90 Å². The lowest BCUT2D eigenvalue weighted by molar-refractivity contribution is -0.147. The van der Waals surface area contributed by atoms with E-state index in [2.05, 4.69) is 5.92 Å². The van der Waals surface area contributed by atoms with Crippen molar-refractivity contribution in [1.29, 1.82) is 0 Å². The van der Waals surface area contributed by atoms with Crippen molar-refractivity contribution in [2.45, 2.75) is 13.3 Å². The lowest BCUT2D eigenvalue weighted by Gasteiger charge is -2.45. The largest absolute Gasteiger partial charge is 0.481 e. The van der Waals surface area contributed by atoms with E-state index < -0.39 is 11.4 Å². The fourth-order valence-electron chi connectivity index (χ4n) is 1.45. The van der Waals surface area contributed by atoms with Crippen LogP contribution in [0.25, 0.3) is 0 Å². The summed E-state index contributed by atoms with van der Waals surface area (Å²) >= 11 is 0. The number of hydrogen-bond donors (Lipinski definition) is 1. The van der Waals surface area contributed by atoms with E-state index in [9.17, 15) is 9.59 Å². The SMILES string of the molecule is C#CC1(CC(=O)O)CN(C(C)=O)C1. The van der Waals surface area contributed by atoms with E-state index in [1.165, 1.54) is 6.92 Å². The summed E-state index contributed by atoms with van der Waals surface area (Å²) in [5.74, 6) is 1.48. The number of carbonyl (C=O) groups excluding carboxylic acids is 1. The second-order valence-electron chi connectivity index (χ2n) is 3.37. The predicted molar refractivity (Wildman–Crippen MR) is 45.8 cm³/mol. The minimum Gasteiger partial charge on any atom is -0.481 e. The van der Waals surface area contributed by atoms with Crippen LogP contribution in [0.15, 0.2) is 0 Å². The highest BCUT2D eigenvalue weighted by Crippen LogP contribution is 2.33. The van der Waals surface area contributed by atoms with E-state index in [4.69, 9.17) is 11.5 Å². The minimum atomic E-state index is -0.916. The van der Waals surface area contributed by atoms with Gasteiger partial charge in [-0.15, -0.1) is 6.42 Å². The molecule has 1 rings (SSSR count). The zero-order chi connectivity index (χ0) is 10.1. The summed E-state index contributed by atoms with van der Waals surface area (Å²) in [6.45, 7) is 2.18. The molecule has 13 heavy (non-hydrogen) atoms. The third-order valence-corrected chi connectivity index (χ3v) is 2.23. The summed E-state index contributed by atoms with van der Waals surface area (Å²) in [6.07, 6.45) is 5.17. The Balaban J connectivity index is 2.56. The van der Waals surface area contributed by atoms with Gasteiger partial charge in [-0.1, -0.05) is 5.92 Å². The molecular formula is C9H11NO3. The number of likely N-dealkylation sites (tertiary alicyclic amines) is 1. The maximum Gasteiger partial charge on any atom is 0.305 e. The van der Waals surface area contributed by atoms with Crippen LogP contribution in [0.3, 0.4) is 0 Å². The quantitative estimate of drug-likeness (QED) is 0.607. The molecule has 4 heteroatoms. The molecule has 1 amide bonds. The Morgan fingerprint density at radius 3 is 2.46 bits per heavy atom. The first-order valence-corrected chi connectivity index (χ1v) is 3.94. The van der Waals surface area contributed by atoms with E-state index in [-0.39, 0.29) is 12.3 Å². The van der Waals surface area contributed by atoms with Gasteiger partial charge in [0.15, 0.2) is 0 Å². The van der Waals surface area contributed by atoms with E-state index in [1.54, 1.807) is 4.90 Å². The van der Waals surface area contributed by atoms with Crippen LogP contribution in [-0.4, -0.2) is 35.0 Å². The summed E-state index contributed by atoms with van der Waals surface area (Å²) in [6, 6.07) is 0. The molecule has 1 saturated heterocycles. The summed E-state index contributed by atoms with van der Waals surface area (Å²) in [7, 11) is 0. The van der Waals surface area contributed by atoms with Gasteiger partial charge in [-0.3, -0.25) is 9.59 Å². The molecule has 0 aromatic rings. The highest BCUT2D eigenvalue weighted by atomic mass is 16.4. The molecule has 1 heterocycles. The second kappa shape index (κ2) is 3.09. The average molecular weight is 181 g/mol. The van der Waals surface area contributed by atoms with Crippen molar-refractivity contribution in [2.24, 2.45) is 5.41 Å². The van der Waals surface area contributed by atoms with Crippen molar-refractivity contribution < 1.29 is 14.7 Å². The van der Waals surface area contributed by atoms with Gasteiger partial charge in [0.25, 0.3) is 0 Å². The van der Waals surface area contributed by atoms with Crippen molar-refractivity contribution >= 4 is 11.9 Å². The lowest BCUT2D eigenvalue weighted by Crippen LogP contribution is -2.57. The van der Waals surface area contributed by atoms with Gasteiger partial charge < -0.3 is 10.0 Å². The van der Waals surface area contributed by atoms with Gasteiger partial charge in [0.1, 0.15) is 0 Å². The van der Waals surface area contributed by atoms with Gasteiger partial charge in [0.05, 0.1) is 11.8 Å². The molecule has 4 nitrogen and oxygen atoms in total. The van der Waals surface area contributed by atoms with Crippen molar-refractivity contribution in [3.05, 3.63) is 0 Å². The highest BCUT2D eigenvalue weighted by molar-refractivity contribution is 5.76. The molecule has 0 bridgehead atoms. The maximum absolute atomic E-state index is 10.8. The summed E-state index contributed by atoms with van der Waals surface area (Å²) in [4.78, 5) is 22.8. The first-order chi connectivity index (χ1) is 5.99. The molecule has 0 saturated carbocycles. The molecule has 1 aliphatic heterocycles. The zero-order valence-corrected chi connectivity index (χ0v) is 7.41. The minimum absolute atomic E-state index is 0.0590. The first-order valence-electron chi connectivity index (χ1n) is 3.94. The number of aliphatic carboxylic acids is 1. The molecule has 0 spiro atoms. The van der Waals surface area contributed by atoms with Crippen LogP contribution in [0.5, 0.6) is 0 Å². The van der Waals surface area contributed by atoms with E-state index >= 15 is 0 Å². The van der Waals surface area contributed by atoms with Gasteiger partial charge in [-0.2, -0.15) is 0 Å². The molecule has 0 aromatic heterocycles. The Morgan fingerprint density at radius 1 is 1.62 bits per heavy atom. The van der Waals surface area contributed by atoms with Crippen LogP contribution < -0.4 is 0 Å². The Bertz CT molecular complexity index is 284. The number of terminal acetylenes is 1. The second-order valence-corrected chi connectivity index (χ2v) is 3.37. The number of amides is 1. The Hall–Kier alpha value is -1.50. The molecule has 0 aromatic carbocycles. The van der Waals surface area contributed by atoms with Crippen molar-refractivity contribution in [2.75, 3.05) is 13.1 Å². The van der Waals surface area contributed by atoms with Crippen molar-refractivity contribution in [3.8, 4) is 12.3 Å². The highest BCUT2D eigenvalue weighted by Gasteiger charge is 2.44. The molecule has 70 valence electrons. The standard InChI is InChI=1S/C9H11NO3/c1-3-9(4-8(12)13)5-10(6-9)7(2)11/h1H,4-6H2,2H3,(H,12,13). The number of hydrogen-bond acceptors (Lipinski definition) is 2. The smallest absolute Gasteiger partial charge is 0.305 e. The first kappa shape index (κ1) is 9.59. The number of nitrogens with zero attached hydrogens (tertiary/aromatic N) is 1. The van der Waals surface area contributed by atoms with Crippen molar-refractivity contribution in [3.63, 3.8) is 0 Å². The molecule has 1 N–H and O–H groups in total. The third-order valence-electron chi connectivity index (χ3n) is 2.23. The van der Waals surface area contributed by atoms with Crippen LogP contribution in [0.4, 0.5) is 0 Å². The number of rotatable bonds is 2. The van der Waals surface area contributed by atoms with Gasteiger partial charge in [0, 0.05) is 20.0 Å². The number of carboxylic acids is 1. The Labute approximate surface area is 76.5 Å². The van der Waals surface area contributed by atoms with E-state index in [0.29, 0.717) is 13.1 Å². The summed E-state index contributed by atoms with van der Waals surface area (Å²) in [5, 5.41) is 8.57. The monoisotopic (exact) mass is 181 g/mol. The number of carboxylic acid groups (broad SMARTS) is 1. The van der Waals surface area contributed by atoms with Gasteiger partial charge in [0.2, 0.25) is 5.91 Å². The summed E-state index contributed by atoms with van der Waals surface area (Å²) < 4.78 is 0. The number of carbonyl (C=O) groups is 2. The topological polar surface area (TPSA) is 57.6 Å². The maximum atomic E-state index is 10.8. The van der Waals surface area contributed by atoms with Crippen LogP contribution in [0, 0.1) is 17.8 Å². The molecule has 0 aliphatic carbocycles. The van der Waals surface area contributed by atoms with E-state index in [0.717, 1.165) is 0 Å². The molecule has 0 atom stereocenters. The molecule has 1 aliphatic rings. The van der Waals surface area contributed by atoms with E-state index in [1.807, 2.05) is 0 Å². The molecule has 1 fully saturated rings. The summed E-state index contributed by atoms with van der Waals surface area (Å²) in [5.41, 5.74) is -0.627. The fourth-order valence-corrected chi connectivity index (χ4v) is 1.45. The van der Waals surface area contributed by atoms with Crippen LogP contribution in [-0.2, 0) is 9.59 Å². The molecular weight excluding hydrogens is 170 g/mol. The lowest BCUT2D eigenvalue weighted by atomic mass is 9.77. The molecule has 0 unspecified atom stereocenters. The normalized spacial score (nSPS) is 18.6. The molecule has 0 radical (unpaired) electrons. The van der Waals surface area contributed by atoms with Gasteiger partial charge in [-0.25, -0.2) is 0 Å². The van der Waals surface area contributed by atoms with Crippen LogP contribution >= 0.6 is 0 Å². The van der Waals surface area contributed by atoms with Crippen LogP contribution in [0.1, 0.15) is 13.3 Å². The zero-order valence-electron chi connectivity index (χ0n) is 7.41. The fraction of sp³-hybridized carbons (Fsp3) is 0.556. The van der Waals surface area contributed by atoms with Crippen LogP contribution in [0.2, 0.25) is 0 Å². The van der Waals surface area contributed by atoms with Gasteiger partial charge >= 0.3 is 5.97 Å². The predicted octanol–water partition coefficient (Wildman–Crippen LogP) is -0.0572. The van der Waals surface area contributed by atoms with Gasteiger partial charge in [-0.05, 0) is 0 Å².